The summed E-state index contributed by atoms with van der Waals surface area (Å²) in [5, 5.41) is 11.4. The number of anilines is 2. The maximum Gasteiger partial charge on any atom is 0.258 e. The molecule has 0 aliphatic heterocycles. The highest BCUT2D eigenvalue weighted by Gasteiger charge is 2.26. The Morgan fingerprint density at radius 1 is 1.33 bits per heavy atom. The van der Waals surface area contributed by atoms with Crippen LogP contribution in [0.1, 0.15) is 17.0 Å². The van der Waals surface area contributed by atoms with E-state index in [2.05, 4.69) is 9.97 Å². The minimum Gasteiger partial charge on any atom is -0.383 e. The number of H-pyrrole nitrogens is 1. The molecule has 0 fully saturated rings. The van der Waals surface area contributed by atoms with Gasteiger partial charge in [-0.25, -0.2) is 0 Å². The van der Waals surface area contributed by atoms with Gasteiger partial charge in [-0.2, -0.15) is 4.98 Å². The van der Waals surface area contributed by atoms with E-state index in [1.807, 2.05) is 0 Å². The first-order valence-corrected chi connectivity index (χ1v) is 6.28. The maximum absolute atomic E-state index is 12.0. The fraction of sp³-hybridized carbons (Fsp3) is 0.167. The van der Waals surface area contributed by atoms with Crippen molar-refractivity contribution < 1.29 is 4.92 Å². The van der Waals surface area contributed by atoms with Crippen molar-refractivity contribution in [2.45, 2.75) is 5.92 Å². The summed E-state index contributed by atoms with van der Waals surface area (Å²) in [6, 6.07) is 6.37. The van der Waals surface area contributed by atoms with Crippen molar-refractivity contribution in [3.8, 4) is 0 Å². The van der Waals surface area contributed by atoms with Gasteiger partial charge >= 0.3 is 0 Å². The molecule has 2 aromatic rings. The summed E-state index contributed by atoms with van der Waals surface area (Å²) in [5.74, 6) is -1.11. The molecule has 9 heteroatoms. The normalized spacial score (nSPS) is 12.0. The molecule has 1 unspecified atom stereocenters. The molecule has 0 aliphatic carbocycles. The van der Waals surface area contributed by atoms with E-state index in [4.69, 9.17) is 23.1 Å². The summed E-state index contributed by atoms with van der Waals surface area (Å²) in [6.07, 6.45) is 0. The molecule has 1 aromatic heterocycles. The third-order valence-electron chi connectivity index (χ3n) is 2.96. The monoisotopic (exact) mass is 309 g/mol. The molecule has 0 saturated carbocycles. The summed E-state index contributed by atoms with van der Waals surface area (Å²) < 4.78 is 0. The molecule has 8 nitrogen and oxygen atoms in total. The summed E-state index contributed by atoms with van der Waals surface area (Å²) in [6.45, 7) is -0.499. The number of rotatable bonds is 4. The minimum absolute atomic E-state index is 0.0169. The van der Waals surface area contributed by atoms with E-state index in [1.54, 1.807) is 24.3 Å². The molecule has 110 valence electrons. The molecule has 0 amide bonds. The minimum atomic E-state index is -0.839. The van der Waals surface area contributed by atoms with Crippen molar-refractivity contribution in [1.82, 2.24) is 9.97 Å². The number of aromatic nitrogens is 2. The summed E-state index contributed by atoms with van der Waals surface area (Å²) in [5.41, 5.74) is 11.1. The van der Waals surface area contributed by atoms with E-state index >= 15 is 0 Å². The zero-order valence-corrected chi connectivity index (χ0v) is 11.5. The van der Waals surface area contributed by atoms with Crippen molar-refractivity contribution in [1.29, 1.82) is 0 Å². The Balaban J connectivity index is 2.58. The third kappa shape index (κ3) is 3.29. The first-order valence-electron chi connectivity index (χ1n) is 5.91. The van der Waals surface area contributed by atoms with Crippen molar-refractivity contribution >= 4 is 23.4 Å². The number of nitrogens with one attached hydrogen (secondary N) is 1. The smallest absolute Gasteiger partial charge is 0.258 e. The number of nitro groups is 1. The lowest BCUT2D eigenvalue weighted by atomic mass is 9.92. The molecular weight excluding hydrogens is 298 g/mol. The Morgan fingerprint density at radius 2 is 1.95 bits per heavy atom. The van der Waals surface area contributed by atoms with Crippen LogP contribution in [0, 0.1) is 10.1 Å². The number of hydrogen-bond acceptors (Lipinski definition) is 6. The van der Waals surface area contributed by atoms with Crippen LogP contribution in [0.2, 0.25) is 5.02 Å². The highest BCUT2D eigenvalue weighted by Crippen LogP contribution is 2.26. The molecule has 0 aliphatic rings. The quantitative estimate of drug-likeness (QED) is 0.568. The van der Waals surface area contributed by atoms with Crippen LogP contribution in [0.4, 0.5) is 11.8 Å². The van der Waals surface area contributed by atoms with E-state index < -0.39 is 22.9 Å². The number of aromatic amines is 1. The molecular formula is C12H12ClN5O3. The van der Waals surface area contributed by atoms with Crippen molar-refractivity contribution in [2.75, 3.05) is 18.0 Å². The topological polar surface area (TPSA) is 141 Å². The standard InChI is InChI=1S/C12H12ClN5O3/c13-7-3-1-6(2-4-7)8(5-18(20)21)9-10(14)16-12(15)17-11(9)19/h1-4,8H,5H2,(H5,14,15,16,17,19). The van der Waals surface area contributed by atoms with Crippen molar-refractivity contribution in [3.63, 3.8) is 0 Å². The number of nitrogens with zero attached hydrogens (tertiary/aromatic N) is 2. The summed E-state index contributed by atoms with van der Waals surface area (Å²) >= 11 is 5.80. The first kappa shape index (κ1) is 14.8. The van der Waals surface area contributed by atoms with Crippen LogP contribution in [0.5, 0.6) is 0 Å². The van der Waals surface area contributed by atoms with Gasteiger partial charge in [0.2, 0.25) is 12.5 Å². The SMILES string of the molecule is Nc1nc(N)c(C(C[N+](=O)[O-])c2ccc(Cl)cc2)c(=O)[nH]1. The van der Waals surface area contributed by atoms with Gasteiger partial charge < -0.3 is 11.5 Å². The van der Waals surface area contributed by atoms with E-state index in [0.29, 0.717) is 10.6 Å². The molecule has 1 aromatic carbocycles. The van der Waals surface area contributed by atoms with Gasteiger partial charge in [0.15, 0.2) is 0 Å². The Hall–Kier alpha value is -2.61. The number of nitrogen functional groups attached to an aromatic ring is 2. The highest BCUT2D eigenvalue weighted by molar-refractivity contribution is 6.30. The van der Waals surface area contributed by atoms with Crippen LogP contribution in [-0.2, 0) is 0 Å². The molecule has 5 N–H and O–H groups in total. The molecule has 2 rings (SSSR count). The number of halogens is 1. The summed E-state index contributed by atoms with van der Waals surface area (Å²) in [7, 11) is 0. The van der Waals surface area contributed by atoms with Crippen molar-refractivity contribution in [2.24, 2.45) is 0 Å². The van der Waals surface area contributed by atoms with Crippen LogP contribution in [0.3, 0.4) is 0 Å². The van der Waals surface area contributed by atoms with Crippen LogP contribution >= 0.6 is 11.6 Å². The van der Waals surface area contributed by atoms with Gasteiger partial charge in [-0.05, 0) is 17.7 Å². The van der Waals surface area contributed by atoms with Crippen LogP contribution in [0.25, 0.3) is 0 Å². The van der Waals surface area contributed by atoms with Gasteiger partial charge in [-0.15, -0.1) is 0 Å². The van der Waals surface area contributed by atoms with Gasteiger partial charge in [0.1, 0.15) is 5.82 Å². The van der Waals surface area contributed by atoms with Gasteiger partial charge in [0.05, 0.1) is 11.5 Å². The largest absolute Gasteiger partial charge is 0.383 e. The lowest BCUT2D eigenvalue weighted by Gasteiger charge is -2.14. The van der Waals surface area contributed by atoms with Gasteiger partial charge in [-0.1, -0.05) is 23.7 Å². The second-order valence-electron chi connectivity index (χ2n) is 4.37. The molecule has 1 heterocycles. The molecule has 0 bridgehead atoms. The number of nitrogens with two attached hydrogens (primary N) is 2. The average Bonchev–Trinajstić information content (AvgIpc) is 2.37. The van der Waals surface area contributed by atoms with Gasteiger partial charge in [0, 0.05) is 9.95 Å². The van der Waals surface area contributed by atoms with E-state index in [0.717, 1.165) is 0 Å². The zero-order valence-electron chi connectivity index (χ0n) is 10.7. The van der Waals surface area contributed by atoms with E-state index in [-0.39, 0.29) is 17.3 Å². The lowest BCUT2D eigenvalue weighted by molar-refractivity contribution is -0.481. The van der Waals surface area contributed by atoms with Gasteiger partial charge in [-0.3, -0.25) is 19.9 Å². The van der Waals surface area contributed by atoms with Crippen LogP contribution < -0.4 is 17.0 Å². The van der Waals surface area contributed by atoms with E-state index in [1.165, 1.54) is 0 Å². The maximum atomic E-state index is 12.0. The highest BCUT2D eigenvalue weighted by atomic mass is 35.5. The average molecular weight is 310 g/mol. The summed E-state index contributed by atoms with van der Waals surface area (Å²) in [4.78, 5) is 28.4. The van der Waals surface area contributed by atoms with Gasteiger partial charge in [0.25, 0.3) is 5.56 Å². The second kappa shape index (κ2) is 5.80. The Bertz CT molecular complexity index is 729. The molecule has 0 spiro atoms. The predicted octanol–water partition coefficient (Wildman–Crippen LogP) is 0.996. The Kier molecular flexibility index (Phi) is 4.08. The zero-order chi connectivity index (χ0) is 15.6. The Morgan fingerprint density at radius 3 is 2.48 bits per heavy atom. The van der Waals surface area contributed by atoms with Crippen LogP contribution in [-0.4, -0.2) is 21.4 Å². The molecule has 1 atom stereocenters. The fourth-order valence-electron chi connectivity index (χ4n) is 2.06. The Labute approximate surface area is 123 Å². The molecule has 0 saturated heterocycles. The number of benzene rings is 1. The first-order chi connectivity index (χ1) is 9.88. The predicted molar refractivity (Wildman–Crippen MR) is 78.8 cm³/mol. The second-order valence-corrected chi connectivity index (χ2v) is 4.81. The third-order valence-corrected chi connectivity index (χ3v) is 3.21. The molecule has 21 heavy (non-hydrogen) atoms. The van der Waals surface area contributed by atoms with E-state index in [9.17, 15) is 14.9 Å². The van der Waals surface area contributed by atoms with Crippen LogP contribution in [0.15, 0.2) is 29.1 Å². The lowest BCUT2D eigenvalue weighted by Crippen LogP contribution is -2.26. The fourth-order valence-corrected chi connectivity index (χ4v) is 2.19. The number of hydrogen-bond donors (Lipinski definition) is 3. The molecule has 0 radical (unpaired) electrons. The van der Waals surface area contributed by atoms with Crippen molar-refractivity contribution in [3.05, 3.63) is 60.9 Å².